The number of rotatable bonds is 6. The van der Waals surface area contributed by atoms with Crippen LogP contribution in [0, 0.1) is 52.8 Å². The minimum atomic E-state index is -2.68. The second-order valence-corrected chi connectivity index (χ2v) is 15.0. The molecule has 2 aliphatic heterocycles. The quantitative estimate of drug-likeness (QED) is 0.0699. The summed E-state index contributed by atoms with van der Waals surface area (Å²) in [5.74, 6) is -21.8. The summed E-state index contributed by atoms with van der Waals surface area (Å²) >= 11 is 17.6. The van der Waals surface area contributed by atoms with E-state index in [2.05, 4.69) is 15.9 Å². The van der Waals surface area contributed by atoms with Crippen LogP contribution in [0.15, 0.2) is 58.6 Å². The lowest BCUT2D eigenvalue weighted by atomic mass is 9.57. The van der Waals surface area contributed by atoms with Crippen LogP contribution in [0.4, 0.5) is 33.3 Å². The Bertz CT molecular complexity index is 2170. The van der Waals surface area contributed by atoms with Crippen molar-refractivity contribution in [2.75, 3.05) is 24.0 Å². The van der Waals surface area contributed by atoms with Gasteiger partial charge in [0.1, 0.15) is 5.69 Å². The number of phenols is 1. The molecule has 2 aliphatic carbocycles. The summed E-state index contributed by atoms with van der Waals surface area (Å²) in [6.45, 7) is 0. The molecule has 3 aromatic carbocycles. The Morgan fingerprint density at radius 3 is 1.96 bits per heavy atom. The monoisotopic (exact) mass is 840 g/mol. The van der Waals surface area contributed by atoms with Crippen LogP contribution in [0.25, 0.3) is 6.08 Å². The van der Waals surface area contributed by atoms with Gasteiger partial charge in [-0.15, -0.1) is 23.2 Å². The number of nitrogens with zero attached hydrogens (tertiary/aromatic N) is 2. The molecule has 1 N–H and O–H groups in total. The van der Waals surface area contributed by atoms with Crippen LogP contribution in [0.5, 0.6) is 17.2 Å². The van der Waals surface area contributed by atoms with Crippen molar-refractivity contribution in [2.45, 2.75) is 22.6 Å². The van der Waals surface area contributed by atoms with Gasteiger partial charge in [-0.25, -0.2) is 26.9 Å². The number of benzene rings is 3. The fraction of sp³-hybridized carbons (Fsp3) is 0.278. The molecule has 17 heteroatoms. The molecule has 1 saturated carbocycles. The Morgan fingerprint density at radius 2 is 1.40 bits per heavy atom. The number of aromatic hydroxyl groups is 1. The maximum absolute atomic E-state index is 15.3. The number of carbonyl (C=O) groups excluding carboxylic acids is 4. The number of halogens is 8. The molecule has 4 aliphatic rings. The Balaban J connectivity index is 1.41. The molecule has 0 aromatic heterocycles. The molecule has 276 valence electrons. The van der Waals surface area contributed by atoms with Gasteiger partial charge in [0.15, 0.2) is 44.5 Å². The van der Waals surface area contributed by atoms with Gasteiger partial charge in [-0.2, -0.15) is 0 Å². The average molecular weight is 842 g/mol. The van der Waals surface area contributed by atoms with Gasteiger partial charge in [0.05, 0.1) is 31.7 Å². The van der Waals surface area contributed by atoms with E-state index >= 15 is 8.78 Å². The van der Waals surface area contributed by atoms with Crippen molar-refractivity contribution in [3.8, 4) is 17.2 Å². The molecule has 6 atom stereocenters. The standard InChI is InChI=1S/C36H24BrCl2F5N2O7/c1-52-21-11-14(12-22(53-2)30(21)47)3-10-20-17-8-9-18-23(32(49)45(31(18)48)16-6-4-15(37)5-7-16)19(17)13-35(38)33(50)46(34(51)36(20,35)39)29-27(43)25(41)24(40)26(42)28(29)44/h3-8,10-12,18-20,23,47H,9,13H2,1-2H3/t18-,19+,20-,23-,35+,36-/m0/s1. The third kappa shape index (κ3) is 5.06. The minimum Gasteiger partial charge on any atom is -0.502 e. The zero-order valence-corrected chi connectivity index (χ0v) is 30.3. The van der Waals surface area contributed by atoms with Crippen molar-refractivity contribution >= 4 is 80.2 Å². The Kier molecular flexibility index (Phi) is 8.93. The zero-order valence-electron chi connectivity index (χ0n) is 27.2. The van der Waals surface area contributed by atoms with Crippen LogP contribution in [-0.4, -0.2) is 52.7 Å². The normalized spacial score (nSPS) is 28.0. The largest absolute Gasteiger partial charge is 0.502 e. The summed E-state index contributed by atoms with van der Waals surface area (Å²) in [4.78, 5) is 52.1. The fourth-order valence-corrected chi connectivity index (χ4v) is 9.03. The number of alkyl halides is 2. The third-order valence-corrected chi connectivity index (χ3v) is 12.3. The highest BCUT2D eigenvalue weighted by atomic mass is 79.9. The molecule has 9 nitrogen and oxygen atoms in total. The predicted octanol–water partition coefficient (Wildman–Crippen LogP) is 7.18. The number of carbonyl (C=O) groups is 4. The van der Waals surface area contributed by atoms with Crippen molar-refractivity contribution in [3.05, 3.63) is 93.2 Å². The topological polar surface area (TPSA) is 113 Å². The number of hydrogen-bond donors (Lipinski definition) is 1. The first-order valence-corrected chi connectivity index (χ1v) is 17.3. The molecule has 2 saturated heterocycles. The SMILES string of the molecule is COc1cc(C=C[C@H]2C3=CC[C@@H]4C(=O)N(c5ccc(Br)cc5)C(=O)[C@@H]4[C@@H]3C[C@@]3(Cl)C(=O)N(c4c(F)c(F)c(F)c(F)c4F)C(=O)[C@@]23Cl)cc(OC)c1O. The first-order chi connectivity index (χ1) is 25.0. The van der Waals surface area contributed by atoms with E-state index in [-0.39, 0.29) is 45.4 Å². The Hall–Kier alpha value is -4.47. The fourth-order valence-electron chi connectivity index (χ4n) is 7.88. The number of fused-ring (bicyclic) bond motifs is 4. The van der Waals surface area contributed by atoms with Crippen LogP contribution in [0.1, 0.15) is 18.4 Å². The lowest BCUT2D eigenvalue weighted by Crippen LogP contribution is -2.60. The lowest BCUT2D eigenvalue weighted by Gasteiger charge is -2.49. The second-order valence-electron chi connectivity index (χ2n) is 12.9. The molecule has 4 amide bonds. The van der Waals surface area contributed by atoms with Gasteiger partial charge in [-0.1, -0.05) is 39.7 Å². The molecule has 0 bridgehead atoms. The van der Waals surface area contributed by atoms with Crippen molar-refractivity contribution < 1.29 is 55.7 Å². The summed E-state index contributed by atoms with van der Waals surface area (Å²) < 4.78 is 84.6. The molecule has 0 spiro atoms. The maximum Gasteiger partial charge on any atom is 0.258 e. The number of hydrogen-bond acceptors (Lipinski definition) is 7. The summed E-state index contributed by atoms with van der Waals surface area (Å²) in [7, 11) is 2.56. The number of anilines is 2. The second kappa shape index (κ2) is 12.8. The van der Waals surface area contributed by atoms with Crippen molar-refractivity contribution in [3.63, 3.8) is 0 Å². The van der Waals surface area contributed by atoms with E-state index < -0.39 is 98.2 Å². The number of amides is 4. The van der Waals surface area contributed by atoms with Crippen molar-refractivity contribution in [1.29, 1.82) is 0 Å². The van der Waals surface area contributed by atoms with Crippen LogP contribution in [-0.2, 0) is 19.2 Å². The highest BCUT2D eigenvalue weighted by Crippen LogP contribution is 2.64. The maximum atomic E-state index is 15.3. The Labute approximate surface area is 315 Å². The van der Waals surface area contributed by atoms with Crippen LogP contribution in [0.3, 0.4) is 0 Å². The van der Waals surface area contributed by atoms with E-state index in [1.165, 1.54) is 38.5 Å². The molecule has 0 radical (unpaired) electrons. The molecule has 0 unspecified atom stereocenters. The summed E-state index contributed by atoms with van der Waals surface area (Å²) in [6, 6.07) is 9.11. The molecule has 2 heterocycles. The number of imide groups is 2. The zero-order chi connectivity index (χ0) is 38.5. The van der Waals surface area contributed by atoms with Crippen LogP contribution in [0.2, 0.25) is 0 Å². The van der Waals surface area contributed by atoms with Crippen molar-refractivity contribution in [2.24, 2.45) is 23.7 Å². The van der Waals surface area contributed by atoms with E-state index in [4.69, 9.17) is 32.7 Å². The highest BCUT2D eigenvalue weighted by molar-refractivity contribution is 9.10. The summed E-state index contributed by atoms with van der Waals surface area (Å²) in [5.41, 5.74) is -1.05. The summed E-state index contributed by atoms with van der Waals surface area (Å²) in [6.07, 6.45) is 3.63. The van der Waals surface area contributed by atoms with Crippen LogP contribution < -0.4 is 19.3 Å². The number of ether oxygens (including phenoxy) is 2. The average Bonchev–Trinajstić information content (AvgIpc) is 3.48. The van der Waals surface area contributed by atoms with E-state index in [0.29, 0.717) is 4.47 Å². The third-order valence-electron chi connectivity index (χ3n) is 10.3. The first-order valence-electron chi connectivity index (χ1n) is 15.8. The smallest absolute Gasteiger partial charge is 0.258 e. The van der Waals surface area contributed by atoms with Gasteiger partial charge in [0.25, 0.3) is 11.8 Å². The molecule has 7 rings (SSSR count). The number of methoxy groups -OCH3 is 2. The Morgan fingerprint density at radius 1 is 0.830 bits per heavy atom. The predicted molar refractivity (Wildman–Crippen MR) is 184 cm³/mol. The van der Waals surface area contributed by atoms with Gasteiger partial charge < -0.3 is 14.6 Å². The lowest BCUT2D eigenvalue weighted by molar-refractivity contribution is -0.125. The minimum absolute atomic E-state index is 0.0228. The molecular weight excluding hydrogens is 818 g/mol. The molecule has 3 fully saturated rings. The molecule has 3 aromatic rings. The van der Waals surface area contributed by atoms with Gasteiger partial charge >= 0.3 is 0 Å². The van der Waals surface area contributed by atoms with Gasteiger partial charge in [-0.05, 0) is 60.7 Å². The van der Waals surface area contributed by atoms with E-state index in [9.17, 15) is 37.5 Å². The van der Waals surface area contributed by atoms with Gasteiger partial charge in [0.2, 0.25) is 23.4 Å². The van der Waals surface area contributed by atoms with E-state index in [1.54, 1.807) is 30.3 Å². The highest BCUT2D eigenvalue weighted by Gasteiger charge is 2.76. The molecular formula is C36H24BrCl2F5N2O7. The number of phenolic OH excluding ortho intramolecular Hbond substituents is 1. The molecule has 53 heavy (non-hydrogen) atoms. The van der Waals surface area contributed by atoms with Crippen LogP contribution >= 0.6 is 39.1 Å². The van der Waals surface area contributed by atoms with E-state index in [0.717, 1.165) is 4.90 Å². The van der Waals surface area contributed by atoms with Crippen molar-refractivity contribution in [1.82, 2.24) is 0 Å². The van der Waals surface area contributed by atoms with Gasteiger partial charge in [-0.3, -0.25) is 24.1 Å². The number of allylic oxidation sites excluding steroid dienone is 3. The van der Waals surface area contributed by atoms with E-state index in [1.807, 2.05) is 0 Å². The first kappa shape index (κ1) is 36.9. The van der Waals surface area contributed by atoms with Gasteiger partial charge in [0, 0.05) is 10.4 Å². The summed E-state index contributed by atoms with van der Waals surface area (Å²) in [5, 5.41) is 10.4.